The first-order valence-electron chi connectivity index (χ1n) is 5.37. The van der Waals surface area contributed by atoms with Crippen LogP contribution >= 0.6 is 11.6 Å². The van der Waals surface area contributed by atoms with E-state index in [1.165, 1.54) is 16.7 Å². The minimum atomic E-state index is 0.766. The summed E-state index contributed by atoms with van der Waals surface area (Å²) < 4.78 is 2.04. The van der Waals surface area contributed by atoms with Gasteiger partial charge in [0, 0.05) is 17.7 Å². The van der Waals surface area contributed by atoms with Crippen LogP contribution in [0.1, 0.15) is 16.7 Å². The number of benzene rings is 1. The quantitative estimate of drug-likeness (QED) is 0.553. The Hall–Kier alpha value is -1.34. The van der Waals surface area contributed by atoms with E-state index in [1.807, 2.05) is 29.0 Å². The average Bonchev–Trinajstić information content (AvgIpc) is 2.25. The van der Waals surface area contributed by atoms with Gasteiger partial charge < -0.3 is 0 Å². The van der Waals surface area contributed by atoms with E-state index in [0.29, 0.717) is 0 Å². The van der Waals surface area contributed by atoms with Gasteiger partial charge in [-0.2, -0.15) is 4.57 Å². The van der Waals surface area contributed by atoms with Crippen molar-refractivity contribution in [1.82, 2.24) is 0 Å². The third-order valence-corrected chi connectivity index (χ3v) is 3.07. The zero-order valence-electron chi connectivity index (χ0n) is 9.57. The zero-order valence-corrected chi connectivity index (χ0v) is 10.3. The summed E-state index contributed by atoms with van der Waals surface area (Å²) in [6.07, 6.45) is 2.00. The van der Waals surface area contributed by atoms with Crippen molar-refractivity contribution >= 4 is 11.6 Å². The molecule has 0 amide bonds. The van der Waals surface area contributed by atoms with E-state index in [2.05, 4.69) is 32.0 Å². The van der Waals surface area contributed by atoms with E-state index in [1.54, 1.807) is 0 Å². The molecule has 0 N–H and O–H groups in total. The summed E-state index contributed by atoms with van der Waals surface area (Å²) in [5, 5.41) is 0.766. The van der Waals surface area contributed by atoms with Gasteiger partial charge in [-0.25, -0.2) is 0 Å². The van der Waals surface area contributed by atoms with Crippen LogP contribution in [0, 0.1) is 13.8 Å². The van der Waals surface area contributed by atoms with Crippen LogP contribution < -0.4 is 4.57 Å². The molecule has 0 aliphatic rings. The summed E-state index contributed by atoms with van der Waals surface area (Å²) in [6, 6.07) is 12.4. The molecule has 0 unspecified atom stereocenters. The zero-order chi connectivity index (χ0) is 11.5. The summed E-state index contributed by atoms with van der Waals surface area (Å²) in [6.45, 7) is 5.07. The summed E-state index contributed by atoms with van der Waals surface area (Å²) in [4.78, 5) is 0. The van der Waals surface area contributed by atoms with Crippen LogP contribution in [0.4, 0.5) is 0 Å². The maximum atomic E-state index is 6.12. The molecule has 1 aromatic heterocycles. The van der Waals surface area contributed by atoms with Crippen LogP contribution in [0.15, 0.2) is 42.6 Å². The molecule has 0 spiro atoms. The van der Waals surface area contributed by atoms with Crippen molar-refractivity contribution in [2.24, 2.45) is 0 Å². The molecule has 0 saturated heterocycles. The second-order valence-electron chi connectivity index (χ2n) is 4.08. The van der Waals surface area contributed by atoms with Crippen molar-refractivity contribution in [3.63, 3.8) is 0 Å². The molecule has 2 heteroatoms. The van der Waals surface area contributed by atoms with Crippen molar-refractivity contribution < 1.29 is 4.57 Å². The predicted octanol–water partition coefficient (Wildman–Crippen LogP) is 3.29. The van der Waals surface area contributed by atoms with Crippen molar-refractivity contribution in [2.75, 3.05) is 0 Å². The maximum absolute atomic E-state index is 6.12. The number of aromatic nitrogens is 1. The smallest absolute Gasteiger partial charge is 0.184 e. The Morgan fingerprint density at radius 2 is 1.94 bits per heavy atom. The molecule has 0 aliphatic carbocycles. The molecule has 0 atom stereocenters. The fraction of sp³-hybridized carbons (Fsp3) is 0.214. The first-order valence-corrected chi connectivity index (χ1v) is 5.75. The number of aryl methyl sites for hydroxylation is 2. The second kappa shape index (κ2) is 4.67. The van der Waals surface area contributed by atoms with Gasteiger partial charge in [0.05, 0.1) is 0 Å². The van der Waals surface area contributed by atoms with Gasteiger partial charge in [-0.15, -0.1) is 0 Å². The first kappa shape index (κ1) is 11.2. The van der Waals surface area contributed by atoms with E-state index < -0.39 is 0 Å². The van der Waals surface area contributed by atoms with Crippen molar-refractivity contribution in [2.45, 2.75) is 20.4 Å². The molecule has 0 bridgehead atoms. The monoisotopic (exact) mass is 232 g/mol. The molecule has 0 radical (unpaired) electrons. The molecule has 2 rings (SSSR count). The molecule has 0 saturated carbocycles. The van der Waals surface area contributed by atoms with Crippen molar-refractivity contribution in [3.8, 4) is 0 Å². The molecule has 0 aliphatic heterocycles. The SMILES string of the molecule is Cc1ccc(C[n+]2ccccc2Cl)c(C)c1. The van der Waals surface area contributed by atoms with Gasteiger partial charge in [0.1, 0.15) is 0 Å². The standard InChI is InChI=1S/C14H15ClN/c1-11-6-7-13(12(2)9-11)10-16-8-4-3-5-14(16)15/h3-9H,10H2,1-2H3/q+1. The molecule has 16 heavy (non-hydrogen) atoms. The number of nitrogens with zero attached hydrogens (tertiary/aromatic N) is 1. The lowest BCUT2D eigenvalue weighted by Crippen LogP contribution is -2.35. The van der Waals surface area contributed by atoms with E-state index >= 15 is 0 Å². The molecule has 0 fully saturated rings. The van der Waals surface area contributed by atoms with Crippen LogP contribution in [0.5, 0.6) is 0 Å². The van der Waals surface area contributed by atoms with Gasteiger partial charge in [0.2, 0.25) is 0 Å². The Morgan fingerprint density at radius 3 is 2.62 bits per heavy atom. The lowest BCUT2D eigenvalue weighted by Gasteiger charge is -2.04. The van der Waals surface area contributed by atoms with Gasteiger partial charge in [-0.3, -0.25) is 0 Å². The topological polar surface area (TPSA) is 3.88 Å². The number of rotatable bonds is 2. The van der Waals surface area contributed by atoms with E-state index in [4.69, 9.17) is 11.6 Å². The highest BCUT2D eigenvalue weighted by atomic mass is 35.5. The Labute approximate surface area is 101 Å². The minimum absolute atomic E-state index is 0.766. The van der Waals surface area contributed by atoms with Crippen LogP contribution in [-0.4, -0.2) is 0 Å². The van der Waals surface area contributed by atoms with Gasteiger partial charge in [0.15, 0.2) is 12.7 Å². The highest BCUT2D eigenvalue weighted by Gasteiger charge is 2.09. The maximum Gasteiger partial charge on any atom is 0.275 e. The Balaban J connectivity index is 2.31. The minimum Gasteiger partial charge on any atom is -0.184 e. The number of hydrogen-bond acceptors (Lipinski definition) is 0. The normalized spacial score (nSPS) is 10.4. The van der Waals surface area contributed by atoms with E-state index in [9.17, 15) is 0 Å². The number of hydrogen-bond donors (Lipinski definition) is 0. The van der Waals surface area contributed by atoms with Crippen molar-refractivity contribution in [3.05, 3.63) is 64.4 Å². The summed E-state index contributed by atoms with van der Waals surface area (Å²) in [7, 11) is 0. The lowest BCUT2D eigenvalue weighted by atomic mass is 10.1. The fourth-order valence-electron chi connectivity index (χ4n) is 1.79. The van der Waals surface area contributed by atoms with Crippen molar-refractivity contribution in [1.29, 1.82) is 0 Å². The Kier molecular flexibility index (Phi) is 3.25. The third-order valence-electron chi connectivity index (χ3n) is 2.72. The van der Waals surface area contributed by atoms with Gasteiger partial charge in [-0.1, -0.05) is 23.8 Å². The summed E-state index contributed by atoms with van der Waals surface area (Å²) >= 11 is 6.12. The van der Waals surface area contributed by atoms with Crippen LogP contribution in [-0.2, 0) is 6.54 Å². The molecule has 82 valence electrons. The molecule has 2 aromatic rings. The highest BCUT2D eigenvalue weighted by Crippen LogP contribution is 2.11. The van der Waals surface area contributed by atoms with E-state index in [-0.39, 0.29) is 0 Å². The van der Waals surface area contributed by atoms with Crippen LogP contribution in [0.3, 0.4) is 0 Å². The first-order chi connectivity index (χ1) is 7.66. The summed E-state index contributed by atoms with van der Waals surface area (Å²) in [5.74, 6) is 0. The molecular weight excluding hydrogens is 218 g/mol. The van der Waals surface area contributed by atoms with E-state index in [0.717, 1.165) is 11.7 Å². The second-order valence-corrected chi connectivity index (χ2v) is 4.47. The molecule has 1 nitrogen and oxygen atoms in total. The number of pyridine rings is 1. The molecular formula is C14H15ClN+. The molecule has 1 aromatic carbocycles. The van der Waals surface area contributed by atoms with Gasteiger partial charge in [0.25, 0.3) is 5.15 Å². The highest BCUT2D eigenvalue weighted by molar-refractivity contribution is 6.28. The van der Waals surface area contributed by atoms with Crippen LogP contribution in [0.25, 0.3) is 0 Å². The predicted molar refractivity (Wildman–Crippen MR) is 66.7 cm³/mol. The fourth-order valence-corrected chi connectivity index (χ4v) is 1.98. The van der Waals surface area contributed by atoms with Crippen LogP contribution in [0.2, 0.25) is 5.15 Å². The molecule has 1 heterocycles. The average molecular weight is 233 g/mol. The Morgan fingerprint density at radius 1 is 1.12 bits per heavy atom. The lowest BCUT2D eigenvalue weighted by molar-refractivity contribution is -0.686. The van der Waals surface area contributed by atoms with Gasteiger partial charge in [-0.05, 0) is 37.1 Å². The largest absolute Gasteiger partial charge is 0.275 e. The number of halogens is 1. The van der Waals surface area contributed by atoms with Gasteiger partial charge >= 0.3 is 0 Å². The third kappa shape index (κ3) is 2.42. The Bertz CT molecular complexity index is 506. The summed E-state index contributed by atoms with van der Waals surface area (Å²) in [5.41, 5.74) is 3.92.